The lowest BCUT2D eigenvalue weighted by Gasteiger charge is -2.40. The van der Waals surface area contributed by atoms with Crippen molar-refractivity contribution in [2.75, 3.05) is 6.61 Å². The number of fused-ring (bicyclic) bond motifs is 1. The van der Waals surface area contributed by atoms with Crippen molar-refractivity contribution >= 4 is 0 Å². The predicted octanol–water partition coefficient (Wildman–Crippen LogP) is 2.55. The summed E-state index contributed by atoms with van der Waals surface area (Å²) in [6.45, 7) is -0.413. The maximum absolute atomic E-state index is 10.6. The fraction of sp³-hybridized carbons (Fsp3) is 0.538. The van der Waals surface area contributed by atoms with Gasteiger partial charge in [0.2, 0.25) is 0 Å². The molecule has 0 radical (unpaired) electrons. The van der Waals surface area contributed by atoms with Gasteiger partial charge in [0.05, 0.1) is 6.61 Å². The molecule has 2 aromatic rings. The third-order valence-corrected chi connectivity index (χ3v) is 7.21. The first-order valence-corrected chi connectivity index (χ1v) is 11.6. The van der Waals surface area contributed by atoms with Crippen LogP contribution in [0.15, 0.2) is 36.4 Å². The normalized spacial score (nSPS) is 30.8. The van der Waals surface area contributed by atoms with Crippen LogP contribution in [-0.2, 0) is 24.0 Å². The molecule has 0 amide bonds. The highest BCUT2D eigenvalue weighted by Crippen LogP contribution is 2.43. The molecule has 1 saturated heterocycles. The molecule has 1 saturated carbocycles. The summed E-state index contributed by atoms with van der Waals surface area (Å²) < 4.78 is 5.80. The predicted molar refractivity (Wildman–Crippen MR) is 117 cm³/mol. The van der Waals surface area contributed by atoms with Crippen molar-refractivity contribution < 1.29 is 25.2 Å². The summed E-state index contributed by atoms with van der Waals surface area (Å²) in [4.78, 5) is 0. The maximum atomic E-state index is 10.6. The van der Waals surface area contributed by atoms with Gasteiger partial charge in [-0.3, -0.25) is 0 Å². The fourth-order valence-corrected chi connectivity index (χ4v) is 5.24. The van der Waals surface area contributed by atoms with Crippen molar-refractivity contribution in [2.45, 2.75) is 81.4 Å². The molecule has 0 bridgehead atoms. The minimum atomic E-state index is -1.36. The third kappa shape index (κ3) is 4.18. The van der Waals surface area contributed by atoms with Gasteiger partial charge in [-0.05, 0) is 84.2 Å². The Hall–Kier alpha value is -1.76. The molecule has 166 valence electrons. The quantitative estimate of drug-likeness (QED) is 0.592. The van der Waals surface area contributed by atoms with Gasteiger partial charge in [0.25, 0.3) is 0 Å². The molecular weight excluding hydrogens is 392 g/mol. The van der Waals surface area contributed by atoms with Crippen molar-refractivity contribution in [1.29, 1.82) is 0 Å². The van der Waals surface area contributed by atoms with Crippen LogP contribution in [0.1, 0.15) is 71.1 Å². The summed E-state index contributed by atoms with van der Waals surface area (Å²) in [5.41, 5.74) is 7.61. The van der Waals surface area contributed by atoms with E-state index >= 15 is 0 Å². The largest absolute Gasteiger partial charge is 0.394 e. The Morgan fingerprint density at radius 3 is 2.35 bits per heavy atom. The van der Waals surface area contributed by atoms with Crippen molar-refractivity contribution in [3.63, 3.8) is 0 Å². The molecular formula is C26H32O5. The standard InChI is InChI=1S/C26H32O5/c27-14-22-23(28)24(29)25(30)26(31-22)19-9-10-21(17-7-8-17)20(13-19)12-15-5-6-16-3-1-2-4-18(16)11-15/h5-6,9-11,13,17,22-30H,1-4,7-8,12,14H2/t22-,23-,24+,25-,26+/m1/s1. The zero-order chi connectivity index (χ0) is 21.5. The smallest absolute Gasteiger partial charge is 0.113 e. The van der Waals surface area contributed by atoms with E-state index in [9.17, 15) is 20.4 Å². The second-order valence-electron chi connectivity index (χ2n) is 9.47. The van der Waals surface area contributed by atoms with Crippen LogP contribution in [-0.4, -0.2) is 51.4 Å². The summed E-state index contributed by atoms with van der Waals surface area (Å²) in [5, 5.41) is 40.4. The van der Waals surface area contributed by atoms with E-state index < -0.39 is 37.1 Å². The molecule has 0 unspecified atom stereocenters. The highest BCUT2D eigenvalue weighted by molar-refractivity contribution is 5.43. The molecule has 5 nitrogen and oxygen atoms in total. The molecule has 3 aliphatic rings. The number of hydrogen-bond acceptors (Lipinski definition) is 5. The molecule has 31 heavy (non-hydrogen) atoms. The van der Waals surface area contributed by atoms with Gasteiger partial charge in [-0.1, -0.05) is 36.4 Å². The Kier molecular flexibility index (Phi) is 5.88. The molecule has 5 atom stereocenters. The van der Waals surface area contributed by atoms with Crippen molar-refractivity contribution in [1.82, 2.24) is 0 Å². The van der Waals surface area contributed by atoms with Gasteiger partial charge >= 0.3 is 0 Å². The lowest BCUT2D eigenvalue weighted by Crippen LogP contribution is -2.55. The molecule has 1 aliphatic heterocycles. The highest BCUT2D eigenvalue weighted by Gasteiger charge is 2.44. The SMILES string of the molecule is OC[C@H]1O[C@@H](c2ccc(C3CC3)c(Cc3ccc4c(c3)CCCC4)c2)[C@H](O)[C@@H](O)[C@@H]1O. The molecule has 0 spiro atoms. The zero-order valence-electron chi connectivity index (χ0n) is 17.8. The van der Waals surface area contributed by atoms with Gasteiger partial charge < -0.3 is 25.2 Å². The number of aliphatic hydroxyl groups is 4. The molecule has 4 N–H and O–H groups in total. The van der Waals surface area contributed by atoms with E-state index in [0.717, 1.165) is 18.4 Å². The number of ether oxygens (including phenoxy) is 1. The molecule has 2 aliphatic carbocycles. The Bertz CT molecular complexity index is 935. The van der Waals surface area contributed by atoms with Crippen molar-refractivity contribution in [3.05, 3.63) is 69.8 Å². The first-order valence-electron chi connectivity index (χ1n) is 11.6. The first-order chi connectivity index (χ1) is 15.0. The molecule has 0 aromatic heterocycles. The highest BCUT2D eigenvalue weighted by atomic mass is 16.5. The lowest BCUT2D eigenvalue weighted by atomic mass is 9.86. The van der Waals surface area contributed by atoms with Crippen molar-refractivity contribution in [2.24, 2.45) is 0 Å². The Labute approximate surface area is 183 Å². The van der Waals surface area contributed by atoms with Crippen LogP contribution in [0.2, 0.25) is 0 Å². The van der Waals surface area contributed by atoms with Crippen molar-refractivity contribution in [3.8, 4) is 0 Å². The van der Waals surface area contributed by atoms with Gasteiger partial charge in [0.1, 0.15) is 30.5 Å². The van der Waals surface area contributed by atoms with Crippen LogP contribution in [0.3, 0.4) is 0 Å². The fourth-order valence-electron chi connectivity index (χ4n) is 5.24. The number of hydrogen-bond donors (Lipinski definition) is 4. The molecule has 2 fully saturated rings. The van der Waals surface area contributed by atoms with E-state index in [2.05, 4.69) is 30.3 Å². The minimum absolute atomic E-state index is 0.413. The minimum Gasteiger partial charge on any atom is -0.394 e. The molecule has 2 aromatic carbocycles. The lowest BCUT2D eigenvalue weighted by molar-refractivity contribution is -0.231. The Morgan fingerprint density at radius 2 is 1.61 bits per heavy atom. The summed E-state index contributed by atoms with van der Waals surface area (Å²) in [7, 11) is 0. The van der Waals surface area contributed by atoms with E-state index in [4.69, 9.17) is 4.74 Å². The van der Waals surface area contributed by atoms with Crippen LogP contribution in [0.25, 0.3) is 0 Å². The van der Waals surface area contributed by atoms with Crippen LogP contribution in [0.4, 0.5) is 0 Å². The number of rotatable bonds is 5. The monoisotopic (exact) mass is 424 g/mol. The molecule has 1 heterocycles. The van der Waals surface area contributed by atoms with Gasteiger partial charge in [-0.2, -0.15) is 0 Å². The number of aliphatic hydroxyl groups excluding tert-OH is 4. The van der Waals surface area contributed by atoms with Crippen LogP contribution in [0, 0.1) is 0 Å². The average Bonchev–Trinajstić information content (AvgIpc) is 3.63. The third-order valence-electron chi connectivity index (χ3n) is 7.21. The van der Waals surface area contributed by atoms with Crippen LogP contribution >= 0.6 is 0 Å². The Morgan fingerprint density at radius 1 is 0.839 bits per heavy atom. The topological polar surface area (TPSA) is 90.2 Å². The zero-order valence-corrected chi connectivity index (χ0v) is 17.8. The second-order valence-corrected chi connectivity index (χ2v) is 9.47. The summed E-state index contributed by atoms with van der Waals surface area (Å²) in [6, 6.07) is 13.0. The summed E-state index contributed by atoms with van der Waals surface area (Å²) >= 11 is 0. The van der Waals surface area contributed by atoms with E-state index in [1.807, 2.05) is 6.07 Å². The molecule has 5 rings (SSSR count). The summed E-state index contributed by atoms with van der Waals surface area (Å²) in [5.74, 6) is 0.594. The van der Waals surface area contributed by atoms with E-state index in [0.29, 0.717) is 5.92 Å². The van der Waals surface area contributed by atoms with Crippen LogP contribution in [0.5, 0.6) is 0 Å². The van der Waals surface area contributed by atoms with Crippen LogP contribution < -0.4 is 0 Å². The number of benzene rings is 2. The summed E-state index contributed by atoms with van der Waals surface area (Å²) in [6.07, 6.45) is 2.48. The second kappa shape index (κ2) is 8.64. The van der Waals surface area contributed by atoms with Gasteiger partial charge in [0.15, 0.2) is 0 Å². The van der Waals surface area contributed by atoms with Gasteiger partial charge in [-0.25, -0.2) is 0 Å². The Balaban J connectivity index is 1.45. The van der Waals surface area contributed by atoms with E-state index in [1.165, 1.54) is 59.9 Å². The van der Waals surface area contributed by atoms with Gasteiger partial charge in [-0.15, -0.1) is 0 Å². The van der Waals surface area contributed by atoms with E-state index in [1.54, 1.807) is 0 Å². The average molecular weight is 425 g/mol. The van der Waals surface area contributed by atoms with E-state index in [-0.39, 0.29) is 0 Å². The first kappa shape index (κ1) is 21.1. The number of aryl methyl sites for hydroxylation is 2. The van der Waals surface area contributed by atoms with Gasteiger partial charge in [0, 0.05) is 0 Å². The maximum Gasteiger partial charge on any atom is 0.113 e. The molecule has 5 heteroatoms.